The van der Waals surface area contributed by atoms with E-state index in [0.717, 1.165) is 17.8 Å². The highest BCUT2D eigenvalue weighted by Gasteiger charge is 2.16. The Labute approximate surface area is 119 Å². The molecule has 0 aromatic carbocycles. The van der Waals surface area contributed by atoms with Crippen LogP contribution in [0.1, 0.15) is 49.6 Å². The van der Waals surface area contributed by atoms with E-state index in [-0.39, 0.29) is 11.9 Å². The highest BCUT2D eigenvalue weighted by Crippen LogP contribution is 2.14. The lowest BCUT2D eigenvalue weighted by Gasteiger charge is -2.18. The predicted molar refractivity (Wildman–Crippen MR) is 80.4 cm³/mol. The number of nitrogens with one attached hydrogen (secondary N) is 1. The van der Waals surface area contributed by atoms with Gasteiger partial charge in [-0.25, -0.2) is 4.98 Å². The van der Waals surface area contributed by atoms with Gasteiger partial charge in [-0.3, -0.25) is 4.79 Å². The lowest BCUT2D eigenvalue weighted by atomic mass is 10.0. The minimum absolute atomic E-state index is 0.0303. The number of nitrogens with two attached hydrogens (primary N) is 1. The van der Waals surface area contributed by atoms with E-state index in [1.807, 2.05) is 5.38 Å². The molecular weight excluding hydrogens is 258 g/mol. The monoisotopic (exact) mass is 283 g/mol. The number of hydrogen-bond acceptors (Lipinski definition) is 4. The number of carbonyl (C=O) groups is 1. The number of carbonyl (C=O) groups excluding carboxylic acids is 1. The van der Waals surface area contributed by atoms with Gasteiger partial charge in [0.1, 0.15) is 5.69 Å². The Bertz CT molecular complexity index is 401. The summed E-state index contributed by atoms with van der Waals surface area (Å²) in [6.45, 7) is 9.01. The molecule has 19 heavy (non-hydrogen) atoms. The van der Waals surface area contributed by atoms with Crippen LogP contribution >= 0.6 is 11.3 Å². The molecule has 1 aromatic rings. The standard InChI is InChI=1S/C14H25N3OS/c1-9(2)5-11(7-15)16-14(18)12-8-19-13(17-12)6-10(3)4/h8-11H,5-7,15H2,1-4H3,(H,16,18). The topological polar surface area (TPSA) is 68.0 Å². The van der Waals surface area contributed by atoms with E-state index >= 15 is 0 Å². The summed E-state index contributed by atoms with van der Waals surface area (Å²) in [6, 6.07) is 0.0303. The summed E-state index contributed by atoms with van der Waals surface area (Å²) in [5.41, 5.74) is 6.20. The van der Waals surface area contributed by atoms with Crippen LogP contribution in [-0.2, 0) is 6.42 Å². The van der Waals surface area contributed by atoms with E-state index in [2.05, 4.69) is 38.0 Å². The van der Waals surface area contributed by atoms with Crippen LogP contribution in [0.15, 0.2) is 5.38 Å². The summed E-state index contributed by atoms with van der Waals surface area (Å²) in [5, 5.41) is 5.81. The summed E-state index contributed by atoms with van der Waals surface area (Å²) in [7, 11) is 0. The number of thiazole rings is 1. The molecule has 1 aromatic heterocycles. The molecule has 3 N–H and O–H groups in total. The third-order valence-electron chi connectivity index (χ3n) is 2.74. The van der Waals surface area contributed by atoms with E-state index in [9.17, 15) is 4.79 Å². The normalized spacial score (nSPS) is 13.0. The maximum absolute atomic E-state index is 12.1. The maximum Gasteiger partial charge on any atom is 0.271 e. The Morgan fingerprint density at radius 3 is 2.58 bits per heavy atom. The smallest absolute Gasteiger partial charge is 0.271 e. The van der Waals surface area contributed by atoms with Gasteiger partial charge in [-0.15, -0.1) is 11.3 Å². The molecule has 0 radical (unpaired) electrons. The lowest BCUT2D eigenvalue weighted by Crippen LogP contribution is -2.41. The van der Waals surface area contributed by atoms with Crippen LogP contribution in [0.25, 0.3) is 0 Å². The Hall–Kier alpha value is -0.940. The van der Waals surface area contributed by atoms with Gasteiger partial charge in [0.25, 0.3) is 5.91 Å². The molecule has 0 spiro atoms. The Morgan fingerprint density at radius 1 is 1.37 bits per heavy atom. The zero-order valence-corrected chi connectivity index (χ0v) is 13.1. The highest BCUT2D eigenvalue weighted by atomic mass is 32.1. The van der Waals surface area contributed by atoms with Crippen molar-refractivity contribution < 1.29 is 4.79 Å². The lowest BCUT2D eigenvalue weighted by molar-refractivity contribution is 0.0929. The summed E-state index contributed by atoms with van der Waals surface area (Å²) in [6.07, 6.45) is 1.81. The zero-order chi connectivity index (χ0) is 14.4. The first kappa shape index (κ1) is 16.1. The number of hydrogen-bond donors (Lipinski definition) is 2. The third kappa shape index (κ3) is 5.70. The number of aromatic nitrogens is 1. The van der Waals surface area contributed by atoms with E-state index in [4.69, 9.17) is 5.73 Å². The van der Waals surface area contributed by atoms with Crippen LogP contribution in [0, 0.1) is 11.8 Å². The average molecular weight is 283 g/mol. The van der Waals surface area contributed by atoms with Crippen molar-refractivity contribution in [2.24, 2.45) is 17.6 Å². The minimum Gasteiger partial charge on any atom is -0.347 e. The highest BCUT2D eigenvalue weighted by molar-refractivity contribution is 7.09. The fourth-order valence-corrected chi connectivity index (χ4v) is 2.89. The van der Waals surface area contributed by atoms with Crippen molar-refractivity contribution >= 4 is 17.2 Å². The van der Waals surface area contributed by atoms with Crippen molar-refractivity contribution in [1.82, 2.24) is 10.3 Å². The van der Waals surface area contributed by atoms with Gasteiger partial charge in [-0.05, 0) is 18.3 Å². The predicted octanol–water partition coefficient (Wildman–Crippen LogP) is 2.44. The molecule has 1 amide bonds. The van der Waals surface area contributed by atoms with Crippen molar-refractivity contribution in [3.8, 4) is 0 Å². The Morgan fingerprint density at radius 2 is 2.05 bits per heavy atom. The van der Waals surface area contributed by atoms with Gasteiger partial charge < -0.3 is 11.1 Å². The van der Waals surface area contributed by atoms with Gasteiger partial charge in [0, 0.05) is 24.4 Å². The van der Waals surface area contributed by atoms with Crippen LogP contribution < -0.4 is 11.1 Å². The van der Waals surface area contributed by atoms with E-state index in [1.165, 1.54) is 0 Å². The van der Waals surface area contributed by atoms with E-state index < -0.39 is 0 Å². The average Bonchev–Trinajstić information content (AvgIpc) is 2.75. The van der Waals surface area contributed by atoms with Crippen molar-refractivity contribution in [3.05, 3.63) is 16.1 Å². The second kappa shape index (κ2) is 7.60. The molecule has 0 saturated heterocycles. The zero-order valence-electron chi connectivity index (χ0n) is 12.3. The quantitative estimate of drug-likeness (QED) is 0.807. The third-order valence-corrected chi connectivity index (χ3v) is 3.61. The molecule has 1 rings (SSSR count). The molecule has 1 atom stereocenters. The van der Waals surface area contributed by atoms with Gasteiger partial charge in [0.2, 0.25) is 0 Å². The summed E-state index contributed by atoms with van der Waals surface area (Å²) in [5.74, 6) is 0.961. The Kier molecular flexibility index (Phi) is 6.45. The molecule has 0 saturated carbocycles. The van der Waals surface area contributed by atoms with Gasteiger partial charge in [0.15, 0.2) is 0 Å². The number of amides is 1. The second-order valence-electron chi connectivity index (χ2n) is 5.76. The number of rotatable bonds is 7. The molecule has 0 aliphatic carbocycles. The molecule has 0 aliphatic heterocycles. The molecule has 1 heterocycles. The molecule has 1 unspecified atom stereocenters. The Balaban J connectivity index is 2.59. The maximum atomic E-state index is 12.1. The molecule has 0 fully saturated rings. The van der Waals surface area contributed by atoms with E-state index in [1.54, 1.807) is 11.3 Å². The first-order chi connectivity index (χ1) is 8.92. The molecule has 108 valence electrons. The van der Waals surface area contributed by atoms with Crippen molar-refractivity contribution in [3.63, 3.8) is 0 Å². The molecule has 4 nitrogen and oxygen atoms in total. The van der Waals surface area contributed by atoms with Crippen LogP contribution in [0.5, 0.6) is 0 Å². The molecule has 5 heteroatoms. The second-order valence-corrected chi connectivity index (χ2v) is 6.70. The largest absolute Gasteiger partial charge is 0.347 e. The van der Waals surface area contributed by atoms with Gasteiger partial charge in [-0.1, -0.05) is 27.7 Å². The van der Waals surface area contributed by atoms with Crippen LogP contribution in [0.2, 0.25) is 0 Å². The van der Waals surface area contributed by atoms with E-state index in [0.29, 0.717) is 24.1 Å². The SMILES string of the molecule is CC(C)Cc1nc(C(=O)NC(CN)CC(C)C)cs1. The van der Waals surface area contributed by atoms with Crippen molar-refractivity contribution in [2.45, 2.75) is 46.6 Å². The van der Waals surface area contributed by atoms with Crippen LogP contribution in [-0.4, -0.2) is 23.5 Å². The minimum atomic E-state index is -0.109. The molecule has 0 aliphatic rings. The van der Waals surface area contributed by atoms with Gasteiger partial charge in [0.05, 0.1) is 5.01 Å². The van der Waals surface area contributed by atoms with Crippen molar-refractivity contribution in [1.29, 1.82) is 0 Å². The first-order valence-corrected chi connectivity index (χ1v) is 7.75. The van der Waals surface area contributed by atoms with Gasteiger partial charge >= 0.3 is 0 Å². The fourth-order valence-electron chi connectivity index (χ4n) is 1.90. The van der Waals surface area contributed by atoms with Gasteiger partial charge in [-0.2, -0.15) is 0 Å². The summed E-state index contributed by atoms with van der Waals surface area (Å²) in [4.78, 5) is 16.5. The first-order valence-electron chi connectivity index (χ1n) is 6.87. The fraction of sp³-hybridized carbons (Fsp3) is 0.714. The summed E-state index contributed by atoms with van der Waals surface area (Å²) < 4.78 is 0. The molecule has 0 bridgehead atoms. The van der Waals surface area contributed by atoms with Crippen LogP contribution in [0.3, 0.4) is 0 Å². The van der Waals surface area contributed by atoms with Crippen molar-refractivity contribution in [2.75, 3.05) is 6.54 Å². The summed E-state index contributed by atoms with van der Waals surface area (Å²) >= 11 is 1.55. The number of nitrogens with zero attached hydrogens (tertiary/aromatic N) is 1. The van der Waals surface area contributed by atoms with Crippen LogP contribution in [0.4, 0.5) is 0 Å². The molecular formula is C14H25N3OS.